The van der Waals surface area contributed by atoms with E-state index in [2.05, 4.69) is 40.3 Å². The minimum absolute atomic E-state index is 0.0473. The molecule has 28 heavy (non-hydrogen) atoms. The molecule has 4 heterocycles. The summed E-state index contributed by atoms with van der Waals surface area (Å²) >= 11 is 0. The number of likely N-dealkylation sites (tertiary alicyclic amines) is 1. The summed E-state index contributed by atoms with van der Waals surface area (Å²) in [6.45, 7) is 5.38. The third-order valence-electron chi connectivity index (χ3n) is 6.84. The molecule has 1 aromatic carbocycles. The standard InChI is InChI=1S/C22H28N4O2/c1-16-14-19(24(2)23-16)25-11-8-18(21(25)27)26-15-22(9-12-28-13-10-22)20(26)17-6-4-3-5-7-17/h3-7,14,18,20H,8-13,15H2,1-2H3. The second kappa shape index (κ2) is 6.71. The van der Waals surface area contributed by atoms with E-state index in [1.165, 1.54) is 5.56 Å². The Kier molecular flexibility index (Phi) is 4.29. The molecule has 3 aliphatic rings. The van der Waals surface area contributed by atoms with Crippen molar-refractivity contribution in [3.63, 3.8) is 0 Å². The molecular weight excluding hydrogens is 352 g/mol. The van der Waals surface area contributed by atoms with Crippen LogP contribution in [0.5, 0.6) is 0 Å². The Bertz CT molecular complexity index is 872. The molecule has 3 aliphatic heterocycles. The van der Waals surface area contributed by atoms with Crippen molar-refractivity contribution >= 4 is 11.7 Å². The Hall–Kier alpha value is -2.18. The van der Waals surface area contributed by atoms with Crippen LogP contribution in [0.1, 0.15) is 36.6 Å². The summed E-state index contributed by atoms with van der Waals surface area (Å²) in [4.78, 5) is 17.7. The van der Waals surface area contributed by atoms with Crippen LogP contribution in [0.4, 0.5) is 5.82 Å². The van der Waals surface area contributed by atoms with Gasteiger partial charge in [-0.05, 0) is 31.7 Å². The molecule has 1 aromatic heterocycles. The Morgan fingerprint density at radius 1 is 1.18 bits per heavy atom. The van der Waals surface area contributed by atoms with E-state index in [-0.39, 0.29) is 17.4 Å². The fourth-order valence-electron chi connectivity index (χ4n) is 5.51. The van der Waals surface area contributed by atoms with Crippen molar-refractivity contribution in [3.05, 3.63) is 47.7 Å². The minimum Gasteiger partial charge on any atom is -0.381 e. The molecule has 1 amide bonds. The number of aryl methyl sites for hydroxylation is 2. The molecule has 0 N–H and O–H groups in total. The number of carbonyl (C=O) groups is 1. The van der Waals surface area contributed by atoms with Crippen LogP contribution < -0.4 is 4.90 Å². The van der Waals surface area contributed by atoms with Gasteiger partial charge in [0, 0.05) is 50.9 Å². The molecule has 2 atom stereocenters. The highest BCUT2D eigenvalue weighted by atomic mass is 16.5. The highest BCUT2D eigenvalue weighted by molar-refractivity contribution is 5.99. The first-order valence-electron chi connectivity index (χ1n) is 10.3. The van der Waals surface area contributed by atoms with E-state index in [1.54, 1.807) is 0 Å². The highest BCUT2D eigenvalue weighted by Crippen LogP contribution is 2.56. The van der Waals surface area contributed by atoms with Crippen LogP contribution in [0, 0.1) is 12.3 Å². The van der Waals surface area contributed by atoms with Gasteiger partial charge in [-0.15, -0.1) is 0 Å². The zero-order chi connectivity index (χ0) is 19.3. The van der Waals surface area contributed by atoms with Crippen molar-refractivity contribution in [2.45, 2.75) is 38.3 Å². The van der Waals surface area contributed by atoms with Crippen LogP contribution in [0.3, 0.4) is 0 Å². The van der Waals surface area contributed by atoms with Gasteiger partial charge in [0.25, 0.3) is 0 Å². The van der Waals surface area contributed by atoms with Gasteiger partial charge < -0.3 is 4.74 Å². The van der Waals surface area contributed by atoms with Gasteiger partial charge in [-0.1, -0.05) is 30.3 Å². The second-order valence-corrected chi connectivity index (χ2v) is 8.52. The summed E-state index contributed by atoms with van der Waals surface area (Å²) in [6.07, 6.45) is 3.03. The average molecular weight is 380 g/mol. The lowest BCUT2D eigenvalue weighted by molar-refractivity contribution is -0.159. The first kappa shape index (κ1) is 17.9. The summed E-state index contributed by atoms with van der Waals surface area (Å²) in [5, 5.41) is 4.42. The lowest BCUT2D eigenvalue weighted by Gasteiger charge is -2.61. The summed E-state index contributed by atoms with van der Waals surface area (Å²) in [7, 11) is 1.91. The van der Waals surface area contributed by atoms with E-state index >= 15 is 0 Å². The molecular formula is C22H28N4O2. The lowest BCUT2D eigenvalue weighted by atomic mass is 9.63. The number of nitrogens with zero attached hydrogens (tertiary/aromatic N) is 4. The Balaban J connectivity index is 1.42. The number of amides is 1. The fourth-order valence-corrected chi connectivity index (χ4v) is 5.51. The van der Waals surface area contributed by atoms with E-state index < -0.39 is 0 Å². The van der Waals surface area contributed by atoms with Gasteiger partial charge in [-0.2, -0.15) is 5.10 Å². The van der Waals surface area contributed by atoms with Crippen LogP contribution in [-0.2, 0) is 16.6 Å². The summed E-state index contributed by atoms with van der Waals surface area (Å²) in [6, 6.07) is 13.0. The SMILES string of the molecule is Cc1cc(N2CCC(N3CC4(CCOCC4)C3c3ccccc3)C2=O)n(C)n1. The maximum absolute atomic E-state index is 13.4. The van der Waals surface area contributed by atoms with E-state index in [4.69, 9.17) is 4.74 Å². The van der Waals surface area contributed by atoms with Crippen LogP contribution >= 0.6 is 0 Å². The number of hydrogen-bond acceptors (Lipinski definition) is 4. The molecule has 1 spiro atoms. The molecule has 0 radical (unpaired) electrons. The van der Waals surface area contributed by atoms with E-state index in [1.807, 2.05) is 29.6 Å². The molecule has 3 saturated heterocycles. The Morgan fingerprint density at radius 2 is 1.93 bits per heavy atom. The molecule has 0 bridgehead atoms. The predicted octanol–water partition coefficient (Wildman–Crippen LogP) is 2.69. The predicted molar refractivity (Wildman–Crippen MR) is 107 cm³/mol. The molecule has 2 aromatic rings. The zero-order valence-corrected chi connectivity index (χ0v) is 16.7. The molecule has 0 saturated carbocycles. The number of benzene rings is 1. The minimum atomic E-state index is -0.0473. The lowest BCUT2D eigenvalue weighted by Crippen LogP contribution is -2.64. The van der Waals surface area contributed by atoms with Crippen molar-refractivity contribution < 1.29 is 9.53 Å². The third kappa shape index (κ3) is 2.70. The van der Waals surface area contributed by atoms with Crippen molar-refractivity contribution in [1.82, 2.24) is 14.7 Å². The monoisotopic (exact) mass is 380 g/mol. The zero-order valence-electron chi connectivity index (χ0n) is 16.7. The smallest absolute Gasteiger partial charge is 0.245 e. The molecule has 5 rings (SSSR count). The number of hydrogen-bond donors (Lipinski definition) is 0. The van der Waals surface area contributed by atoms with Crippen molar-refractivity contribution in [2.24, 2.45) is 12.5 Å². The van der Waals surface area contributed by atoms with E-state index in [9.17, 15) is 4.79 Å². The van der Waals surface area contributed by atoms with Crippen molar-refractivity contribution in [2.75, 3.05) is 31.2 Å². The summed E-state index contributed by atoms with van der Waals surface area (Å²) < 4.78 is 7.47. The van der Waals surface area contributed by atoms with Crippen LogP contribution in [0.15, 0.2) is 36.4 Å². The molecule has 3 fully saturated rings. The number of rotatable bonds is 3. The maximum atomic E-state index is 13.4. The van der Waals surface area contributed by atoms with Gasteiger partial charge in [-0.3, -0.25) is 19.3 Å². The van der Waals surface area contributed by atoms with Crippen LogP contribution in [0.2, 0.25) is 0 Å². The highest BCUT2D eigenvalue weighted by Gasteiger charge is 2.57. The molecule has 6 heteroatoms. The van der Waals surface area contributed by atoms with Crippen molar-refractivity contribution in [1.29, 1.82) is 0 Å². The molecule has 6 nitrogen and oxygen atoms in total. The molecule has 148 valence electrons. The normalized spacial score (nSPS) is 27.4. The van der Waals surface area contributed by atoms with Gasteiger partial charge in [-0.25, -0.2) is 0 Å². The Morgan fingerprint density at radius 3 is 2.61 bits per heavy atom. The largest absolute Gasteiger partial charge is 0.381 e. The van der Waals surface area contributed by atoms with Gasteiger partial charge in [0.05, 0.1) is 11.7 Å². The molecule has 2 unspecified atom stereocenters. The van der Waals surface area contributed by atoms with Gasteiger partial charge in [0.1, 0.15) is 5.82 Å². The van der Waals surface area contributed by atoms with E-state index in [0.29, 0.717) is 6.04 Å². The second-order valence-electron chi connectivity index (χ2n) is 8.52. The molecule has 0 aliphatic carbocycles. The maximum Gasteiger partial charge on any atom is 0.245 e. The quantitative estimate of drug-likeness (QED) is 0.822. The van der Waals surface area contributed by atoms with Crippen molar-refractivity contribution in [3.8, 4) is 0 Å². The van der Waals surface area contributed by atoms with Crippen LogP contribution in [-0.4, -0.2) is 52.9 Å². The fraction of sp³-hybridized carbons (Fsp3) is 0.545. The summed E-state index contributed by atoms with van der Waals surface area (Å²) in [5.41, 5.74) is 2.52. The van der Waals surface area contributed by atoms with Gasteiger partial charge in [0.15, 0.2) is 0 Å². The van der Waals surface area contributed by atoms with Gasteiger partial charge in [0.2, 0.25) is 5.91 Å². The number of anilines is 1. The number of aromatic nitrogens is 2. The first-order chi connectivity index (χ1) is 13.6. The first-order valence-corrected chi connectivity index (χ1v) is 10.3. The number of ether oxygens (including phenoxy) is 1. The number of carbonyl (C=O) groups excluding carboxylic acids is 1. The van der Waals surface area contributed by atoms with Gasteiger partial charge >= 0.3 is 0 Å². The third-order valence-corrected chi connectivity index (χ3v) is 6.84. The van der Waals surface area contributed by atoms with E-state index in [0.717, 1.165) is 57.1 Å². The summed E-state index contributed by atoms with van der Waals surface area (Å²) in [5.74, 6) is 1.12. The average Bonchev–Trinajstić information content (AvgIpc) is 3.22. The Labute approximate surface area is 166 Å². The topological polar surface area (TPSA) is 50.6 Å². The van der Waals surface area contributed by atoms with Crippen LogP contribution in [0.25, 0.3) is 0 Å².